The van der Waals surface area contributed by atoms with E-state index >= 15 is 8.42 Å². The van der Waals surface area contributed by atoms with E-state index in [9.17, 15) is 22.8 Å². The quantitative estimate of drug-likeness (QED) is 0.154. The smallest absolute Gasteiger partial charge is 0.377 e. The molecule has 9 rings (SSSR count). The fraction of sp³-hybridized carbons (Fsp3) is 0.621. The minimum Gasteiger partial charge on any atom is -0.377 e. The van der Waals surface area contributed by atoms with E-state index in [0.29, 0.717) is 91.1 Å². The molecular weight excluding hydrogens is 952 g/mol. The summed E-state index contributed by atoms with van der Waals surface area (Å²) in [5, 5.41) is 6.31. The molecule has 2 aromatic carbocycles. The summed E-state index contributed by atoms with van der Waals surface area (Å²) in [4.78, 5) is 28.3. The first-order valence-electron chi connectivity index (χ1n) is 26.7. The van der Waals surface area contributed by atoms with Crippen LogP contribution in [0.15, 0.2) is 48.5 Å². The summed E-state index contributed by atoms with van der Waals surface area (Å²) >= 11 is 0. The fourth-order valence-electron chi connectivity index (χ4n) is 12.1. The van der Waals surface area contributed by atoms with Crippen LogP contribution in [-0.2, 0) is 48.6 Å². The van der Waals surface area contributed by atoms with Crippen molar-refractivity contribution in [3.8, 4) is 22.5 Å². The highest BCUT2D eigenvalue weighted by Gasteiger charge is 2.52. The normalized spacial score (nSPS) is 23.7. The maximum absolute atomic E-state index is 15.3. The van der Waals surface area contributed by atoms with Crippen LogP contribution in [0, 0.1) is 31.1 Å². The lowest BCUT2D eigenvalue weighted by Crippen LogP contribution is -2.58. The first kappa shape index (κ1) is 53.4. The number of alkyl halides is 3. The molecule has 4 aromatic rings. The average molecular weight is 1030 g/mol. The van der Waals surface area contributed by atoms with Crippen molar-refractivity contribution in [1.29, 1.82) is 0 Å². The van der Waals surface area contributed by atoms with E-state index in [1.165, 1.54) is 22.5 Å². The van der Waals surface area contributed by atoms with Gasteiger partial charge >= 0.3 is 16.4 Å². The SMILES string of the molecule is Cc1c(C(=O)NC2COC2C2CCC3(CCN(S(=O)(=O)n4c(-c5cc(C(C)(C)C)cc(C(C)(C)C)c5)cc(C(=O)NC5COC5)c4C)C3)C2)cc(-c2cc(C(C)(C)C)cc(C(F)(F)F)c2)n1CC1CCCCC1. The molecule has 5 aliphatic rings. The van der Waals surface area contributed by atoms with E-state index in [1.54, 1.807) is 23.4 Å². The van der Waals surface area contributed by atoms with Crippen molar-refractivity contribution >= 4 is 22.0 Å². The van der Waals surface area contributed by atoms with Gasteiger partial charge in [-0.2, -0.15) is 25.9 Å². The van der Waals surface area contributed by atoms with Gasteiger partial charge in [-0.1, -0.05) is 87.6 Å². The Morgan fingerprint density at radius 3 is 1.78 bits per heavy atom. The van der Waals surface area contributed by atoms with Gasteiger partial charge in [-0.05, 0) is 156 Å². The van der Waals surface area contributed by atoms with Gasteiger partial charge in [-0.25, -0.2) is 3.97 Å². The number of halogens is 3. The van der Waals surface area contributed by atoms with Crippen molar-refractivity contribution in [3.05, 3.63) is 93.3 Å². The summed E-state index contributed by atoms with van der Waals surface area (Å²) in [6, 6.07) is 13.7. The Balaban J connectivity index is 0.955. The third-order valence-electron chi connectivity index (χ3n) is 16.9. The van der Waals surface area contributed by atoms with Crippen LogP contribution in [-0.4, -0.2) is 84.2 Å². The summed E-state index contributed by atoms with van der Waals surface area (Å²) in [5.41, 5.74) is 4.82. The molecule has 3 aliphatic heterocycles. The van der Waals surface area contributed by atoms with Gasteiger partial charge in [0.05, 0.1) is 60.4 Å². The number of aromatic nitrogens is 2. The second-order valence-corrected chi connectivity index (χ2v) is 27.2. The van der Waals surface area contributed by atoms with Gasteiger partial charge in [0.15, 0.2) is 0 Å². The van der Waals surface area contributed by atoms with Gasteiger partial charge < -0.3 is 24.7 Å². The molecular formula is C58H78F3N5O6S. The lowest BCUT2D eigenvalue weighted by molar-refractivity contribution is -0.137. The maximum atomic E-state index is 15.3. The number of carbonyl (C=O) groups excluding carboxylic acids is 2. The summed E-state index contributed by atoms with van der Waals surface area (Å²) in [6.45, 7) is 24.6. The van der Waals surface area contributed by atoms with Crippen molar-refractivity contribution in [2.45, 2.75) is 181 Å². The van der Waals surface area contributed by atoms with E-state index in [1.807, 2.05) is 33.8 Å². The molecule has 11 nitrogen and oxygen atoms in total. The average Bonchev–Trinajstić information content (AvgIpc) is 4.07. The van der Waals surface area contributed by atoms with E-state index in [2.05, 4.69) is 74.9 Å². The number of carbonyl (C=O) groups is 2. The molecule has 4 atom stereocenters. The Morgan fingerprint density at radius 1 is 0.685 bits per heavy atom. The molecule has 0 radical (unpaired) electrons. The number of benzene rings is 2. The third-order valence-corrected chi connectivity index (χ3v) is 18.8. The van der Waals surface area contributed by atoms with Gasteiger partial charge in [-0.3, -0.25) is 9.59 Å². The molecule has 73 heavy (non-hydrogen) atoms. The highest BCUT2D eigenvalue weighted by atomic mass is 32.2. The highest BCUT2D eigenvalue weighted by molar-refractivity contribution is 7.87. The van der Waals surface area contributed by atoms with E-state index in [0.717, 1.165) is 67.3 Å². The van der Waals surface area contributed by atoms with E-state index in [-0.39, 0.29) is 52.2 Å². The standard InChI is InChI=1S/C58H78F3N5O6S/c1-35-46(27-49(65(35)30-37-15-13-12-14-16-37)39-21-43(56(9,10)11)26-44(24-39)58(59,60)61)53(68)63-48-33-72-51(48)38-17-18-57(29-38)19-20-64(34-57)73(69,70)66-36(2)47(52(67)62-45-31-71-32-45)28-50(66)40-22-41(54(3,4)5)25-42(23-40)55(6,7)8/h21-28,37-38,45,48,51H,12-20,29-34H2,1-11H3,(H,62,67)(H,63,68). The molecule has 15 heteroatoms. The van der Waals surface area contributed by atoms with Gasteiger partial charge in [0.25, 0.3) is 11.8 Å². The second-order valence-electron chi connectivity index (χ2n) is 25.5. The maximum Gasteiger partial charge on any atom is 0.416 e. The Morgan fingerprint density at radius 2 is 1.23 bits per heavy atom. The van der Waals surface area contributed by atoms with Crippen LogP contribution in [0.3, 0.4) is 0 Å². The van der Waals surface area contributed by atoms with Crippen molar-refractivity contribution in [2.75, 3.05) is 32.9 Å². The molecule has 2 aliphatic carbocycles. The lowest BCUT2D eigenvalue weighted by Gasteiger charge is -2.41. The van der Waals surface area contributed by atoms with Crippen molar-refractivity contribution in [2.24, 2.45) is 17.3 Å². The fourth-order valence-corrected chi connectivity index (χ4v) is 14.0. The second kappa shape index (κ2) is 19.3. The van der Waals surface area contributed by atoms with E-state index in [4.69, 9.17) is 9.47 Å². The van der Waals surface area contributed by atoms with Crippen LogP contribution in [0.4, 0.5) is 13.2 Å². The van der Waals surface area contributed by atoms with Crippen LogP contribution >= 0.6 is 0 Å². The van der Waals surface area contributed by atoms with Crippen molar-refractivity contribution in [1.82, 2.24) is 23.5 Å². The Hall–Kier alpha value is -4.44. The first-order valence-corrected chi connectivity index (χ1v) is 28.1. The molecule has 2 saturated carbocycles. The van der Waals surface area contributed by atoms with Crippen molar-refractivity contribution < 1.29 is 40.7 Å². The molecule has 0 bridgehead atoms. The number of hydrogen-bond donors (Lipinski definition) is 2. The lowest BCUT2D eigenvalue weighted by atomic mass is 9.79. The van der Waals surface area contributed by atoms with Crippen LogP contribution in [0.2, 0.25) is 0 Å². The molecule has 4 unspecified atom stereocenters. The highest BCUT2D eigenvalue weighted by Crippen LogP contribution is 2.52. The number of ether oxygens (including phenoxy) is 2. The van der Waals surface area contributed by atoms with E-state index < -0.39 is 27.4 Å². The predicted octanol–water partition coefficient (Wildman–Crippen LogP) is 11.6. The Kier molecular flexibility index (Phi) is 14.1. The zero-order chi connectivity index (χ0) is 52.8. The topological polar surface area (TPSA) is 124 Å². The van der Waals surface area contributed by atoms with Crippen LogP contribution < -0.4 is 10.6 Å². The molecule has 3 saturated heterocycles. The molecule has 2 amide bonds. The molecule has 5 fully saturated rings. The van der Waals surface area contributed by atoms with Crippen LogP contribution in [0.25, 0.3) is 22.5 Å². The number of hydrogen-bond acceptors (Lipinski definition) is 6. The van der Waals surface area contributed by atoms with Crippen LogP contribution in [0.5, 0.6) is 0 Å². The molecule has 5 heterocycles. The Bertz CT molecular complexity index is 2810. The van der Waals surface area contributed by atoms with Gasteiger partial charge in [0.2, 0.25) is 0 Å². The summed E-state index contributed by atoms with van der Waals surface area (Å²) in [5.74, 6) is -0.162. The van der Waals surface area contributed by atoms with Gasteiger partial charge in [-0.15, -0.1) is 0 Å². The van der Waals surface area contributed by atoms with Gasteiger partial charge in [0.1, 0.15) is 0 Å². The molecule has 2 N–H and O–H groups in total. The minimum atomic E-state index is -4.54. The minimum absolute atomic E-state index is 0.0841. The number of amides is 2. The zero-order valence-electron chi connectivity index (χ0n) is 44.9. The van der Waals surface area contributed by atoms with Gasteiger partial charge in [0, 0.05) is 36.7 Å². The largest absolute Gasteiger partial charge is 0.416 e. The first-order chi connectivity index (χ1) is 34.0. The predicted molar refractivity (Wildman–Crippen MR) is 280 cm³/mol. The summed E-state index contributed by atoms with van der Waals surface area (Å²) < 4.78 is 90.5. The number of nitrogens with one attached hydrogen (secondary N) is 2. The monoisotopic (exact) mass is 1030 g/mol. The molecule has 1 spiro atoms. The van der Waals surface area contributed by atoms with Crippen LogP contribution in [0.1, 0.15) is 174 Å². The number of nitrogens with zero attached hydrogens (tertiary/aromatic N) is 3. The third kappa shape index (κ3) is 10.7. The molecule has 2 aromatic heterocycles. The van der Waals surface area contributed by atoms with Crippen molar-refractivity contribution in [3.63, 3.8) is 0 Å². The summed E-state index contributed by atoms with van der Waals surface area (Å²) in [7, 11) is -4.18. The molecule has 398 valence electrons. The zero-order valence-corrected chi connectivity index (χ0v) is 45.8. The summed E-state index contributed by atoms with van der Waals surface area (Å²) in [6.07, 6.45) is 3.71. The Labute approximate surface area is 431 Å². The number of rotatable bonds is 11.